The Labute approximate surface area is 211 Å². The van der Waals surface area contributed by atoms with E-state index >= 15 is 0 Å². The number of terminal acetylenes is 1. The molecule has 0 fully saturated rings. The second-order valence-electron chi connectivity index (χ2n) is 7.73. The van der Waals surface area contributed by atoms with Crippen LogP contribution in [0, 0.1) is 24.0 Å². The number of allylic oxidation sites excluding steroid dienone is 1. The minimum atomic E-state index is -0.998. The number of fused-ring (bicyclic) bond motifs is 1. The molecule has 0 spiro atoms. The zero-order valence-electron chi connectivity index (χ0n) is 20.2. The molecule has 0 bridgehead atoms. The molecule has 2 aromatic heterocycles. The summed E-state index contributed by atoms with van der Waals surface area (Å²) in [6, 6.07) is 10.5. The van der Waals surface area contributed by atoms with Crippen LogP contribution in [-0.2, 0) is 13.5 Å². The van der Waals surface area contributed by atoms with Gasteiger partial charge in [-0.3, -0.25) is 14.2 Å². The van der Waals surface area contributed by atoms with E-state index in [9.17, 15) is 18.4 Å². The van der Waals surface area contributed by atoms with E-state index < -0.39 is 17.5 Å². The predicted octanol–water partition coefficient (Wildman–Crippen LogP) is 3.80. The van der Waals surface area contributed by atoms with E-state index in [1.165, 1.54) is 27.6 Å². The van der Waals surface area contributed by atoms with Gasteiger partial charge in [-0.25, -0.2) is 18.5 Å². The van der Waals surface area contributed by atoms with Crippen molar-refractivity contribution < 1.29 is 13.6 Å². The molecule has 0 saturated heterocycles. The van der Waals surface area contributed by atoms with Gasteiger partial charge in [0, 0.05) is 30.6 Å². The van der Waals surface area contributed by atoms with E-state index in [0.29, 0.717) is 28.9 Å². The summed E-state index contributed by atoms with van der Waals surface area (Å²) in [4.78, 5) is 27.9. The van der Waals surface area contributed by atoms with Crippen LogP contribution in [0.15, 0.2) is 64.9 Å². The van der Waals surface area contributed by atoms with Crippen molar-refractivity contribution in [3.8, 4) is 18.0 Å². The summed E-state index contributed by atoms with van der Waals surface area (Å²) < 4.78 is 29.5. The third kappa shape index (κ3) is 5.31. The van der Waals surface area contributed by atoms with Gasteiger partial charge in [-0.1, -0.05) is 37.6 Å². The van der Waals surface area contributed by atoms with Crippen molar-refractivity contribution in [1.82, 2.24) is 14.3 Å². The van der Waals surface area contributed by atoms with Crippen molar-refractivity contribution in [2.75, 3.05) is 5.73 Å². The predicted molar refractivity (Wildman–Crippen MR) is 141 cm³/mol. The number of benzene rings is 2. The quantitative estimate of drug-likeness (QED) is 0.318. The highest BCUT2D eigenvalue weighted by molar-refractivity contribution is 6.02. The topological polar surface area (TPSA) is 121 Å². The number of primary amides is 1. The lowest BCUT2D eigenvalue weighted by Gasteiger charge is -2.14. The molecule has 2 aromatic carbocycles. The number of rotatable bonds is 5. The maximum absolute atomic E-state index is 13.6. The molecule has 0 radical (unpaired) electrons. The highest BCUT2D eigenvalue weighted by Crippen LogP contribution is 2.23. The molecule has 0 aliphatic heterocycles. The van der Waals surface area contributed by atoms with Crippen LogP contribution < -0.4 is 17.0 Å². The lowest BCUT2D eigenvalue weighted by Crippen LogP contribution is -2.22. The molecule has 10 heteroatoms. The van der Waals surface area contributed by atoms with Gasteiger partial charge in [0.2, 0.25) is 0 Å². The molecule has 8 nitrogen and oxygen atoms in total. The highest BCUT2D eigenvalue weighted by atomic mass is 19.2. The molecule has 37 heavy (non-hydrogen) atoms. The van der Waals surface area contributed by atoms with Crippen LogP contribution in [0.3, 0.4) is 0 Å². The number of anilines is 1. The van der Waals surface area contributed by atoms with Crippen LogP contribution in [0.4, 0.5) is 20.4 Å². The molecule has 4 rings (SSSR count). The number of hydrogen-bond acceptors (Lipinski definition) is 5. The van der Waals surface area contributed by atoms with Crippen LogP contribution in [0.2, 0.25) is 0 Å². The Hall–Kier alpha value is -5.04. The number of aryl methyl sites for hydroxylation is 2. The van der Waals surface area contributed by atoms with Gasteiger partial charge in [-0.2, -0.15) is 5.10 Å². The van der Waals surface area contributed by atoms with Gasteiger partial charge in [-0.15, -0.1) is 6.42 Å². The Morgan fingerprint density at radius 3 is 2.57 bits per heavy atom. The minimum absolute atomic E-state index is 0.0798. The average Bonchev–Trinajstić information content (AvgIpc) is 3.16. The summed E-state index contributed by atoms with van der Waals surface area (Å²) in [5.41, 5.74) is 11.9. The average molecular weight is 503 g/mol. The first-order valence-corrected chi connectivity index (χ1v) is 11.0. The fourth-order valence-corrected chi connectivity index (χ4v) is 3.75. The number of carbonyl (C=O) groups is 1. The van der Waals surface area contributed by atoms with Crippen molar-refractivity contribution in [3.05, 3.63) is 93.9 Å². The van der Waals surface area contributed by atoms with Crippen molar-refractivity contribution >= 4 is 34.5 Å². The second-order valence-corrected chi connectivity index (χ2v) is 7.73. The second kappa shape index (κ2) is 11.1. The number of nitrogen functional groups attached to an aromatic ring is 1. The number of hydrogen-bond donors (Lipinski definition) is 2. The number of halogens is 2. The minimum Gasteiger partial charge on any atom is -0.381 e. The fourth-order valence-electron chi connectivity index (χ4n) is 3.75. The van der Waals surface area contributed by atoms with Gasteiger partial charge in [0.15, 0.2) is 23.3 Å². The molecule has 2 heterocycles. The third-order valence-corrected chi connectivity index (χ3v) is 5.39. The number of nitrogens with two attached hydrogens (primary N) is 2. The van der Waals surface area contributed by atoms with Gasteiger partial charge < -0.3 is 11.5 Å². The van der Waals surface area contributed by atoms with E-state index in [-0.39, 0.29) is 22.6 Å². The number of pyridine rings is 1. The summed E-state index contributed by atoms with van der Waals surface area (Å²) in [6.07, 6.45) is 8.95. The Bertz CT molecular complexity index is 1640. The molecule has 0 saturated carbocycles. The summed E-state index contributed by atoms with van der Waals surface area (Å²) in [7, 11) is 1.62. The van der Waals surface area contributed by atoms with Crippen LogP contribution in [0.1, 0.15) is 28.5 Å². The Morgan fingerprint density at radius 1 is 1.24 bits per heavy atom. The molecule has 188 valence electrons. The largest absolute Gasteiger partial charge is 0.381 e. The first-order chi connectivity index (χ1) is 17.6. The molecule has 1 amide bonds. The SMILES string of the molecule is C#Cc1cccc2cc(CC)n(-c3ccc(F)c(F)c3)c(=O)c12.C=C/C=N\c1c(C(N)=O)c(N)nn1C. The molecule has 0 unspecified atom stereocenters. The number of aromatic nitrogens is 3. The lowest BCUT2D eigenvalue weighted by molar-refractivity contribution is 0.100. The van der Waals surface area contributed by atoms with Crippen LogP contribution in [0.25, 0.3) is 16.5 Å². The highest BCUT2D eigenvalue weighted by Gasteiger charge is 2.17. The molecule has 4 N–H and O–H groups in total. The number of aliphatic imine (C=N–C) groups is 1. The molecule has 0 atom stereocenters. The van der Waals surface area contributed by atoms with Gasteiger partial charge >= 0.3 is 0 Å². The first-order valence-electron chi connectivity index (χ1n) is 11.0. The van der Waals surface area contributed by atoms with Crippen LogP contribution in [-0.4, -0.2) is 26.5 Å². The summed E-state index contributed by atoms with van der Waals surface area (Å²) >= 11 is 0. The molecule has 0 aliphatic rings. The standard InChI is InChI=1S/C19H13F2NO.C8H11N5O/c1-3-12-6-5-7-13-10-14(4-2)22(19(23)18(12)13)15-8-9-16(20)17(21)11-15;1-3-4-11-8-5(7(10)14)6(9)12-13(8)2/h1,5-11H,4H2,2H3;3-4H,1H2,2H3,(H2,9,12)(H2,10,14)/b;11-4-. The molecule has 0 aliphatic carbocycles. The summed E-state index contributed by atoms with van der Waals surface area (Å²) in [5, 5.41) is 4.97. The Morgan fingerprint density at radius 2 is 1.97 bits per heavy atom. The lowest BCUT2D eigenvalue weighted by atomic mass is 10.0. The molecular weight excluding hydrogens is 478 g/mol. The van der Waals surface area contributed by atoms with Gasteiger partial charge in [0.25, 0.3) is 11.5 Å². The Kier molecular flexibility index (Phi) is 7.99. The van der Waals surface area contributed by atoms with E-state index in [1.54, 1.807) is 19.2 Å². The molecule has 4 aromatic rings. The Balaban J connectivity index is 0.000000233. The van der Waals surface area contributed by atoms with Gasteiger partial charge in [-0.05, 0) is 36.1 Å². The number of nitrogens with zero attached hydrogens (tertiary/aromatic N) is 4. The fraction of sp³-hybridized carbons (Fsp3) is 0.111. The van der Waals surface area contributed by atoms with Crippen molar-refractivity contribution in [2.24, 2.45) is 17.8 Å². The molecular formula is C27H24F2N6O2. The van der Waals surface area contributed by atoms with Crippen LogP contribution >= 0.6 is 0 Å². The van der Waals surface area contributed by atoms with Crippen LogP contribution in [0.5, 0.6) is 0 Å². The number of amides is 1. The van der Waals surface area contributed by atoms with E-state index in [2.05, 4.69) is 22.6 Å². The van der Waals surface area contributed by atoms with Crippen molar-refractivity contribution in [1.29, 1.82) is 0 Å². The smallest absolute Gasteiger partial charge is 0.264 e. The van der Waals surface area contributed by atoms with E-state index in [1.807, 2.05) is 19.1 Å². The maximum Gasteiger partial charge on any atom is 0.264 e. The van der Waals surface area contributed by atoms with Gasteiger partial charge in [0.1, 0.15) is 5.56 Å². The monoisotopic (exact) mass is 502 g/mol. The zero-order chi connectivity index (χ0) is 27.3. The summed E-state index contributed by atoms with van der Waals surface area (Å²) in [5.74, 6) is 0.310. The number of carbonyl (C=O) groups excluding carboxylic acids is 1. The maximum atomic E-state index is 13.6. The third-order valence-electron chi connectivity index (χ3n) is 5.39. The summed E-state index contributed by atoms with van der Waals surface area (Å²) in [6.45, 7) is 5.35. The zero-order valence-corrected chi connectivity index (χ0v) is 20.2. The van der Waals surface area contributed by atoms with Gasteiger partial charge in [0.05, 0.1) is 11.1 Å². The van der Waals surface area contributed by atoms with Crippen molar-refractivity contribution in [3.63, 3.8) is 0 Å². The normalized spacial score (nSPS) is 10.7. The first kappa shape index (κ1) is 26.6. The van der Waals surface area contributed by atoms with Crippen molar-refractivity contribution in [2.45, 2.75) is 13.3 Å². The van der Waals surface area contributed by atoms with E-state index in [4.69, 9.17) is 17.9 Å². The van der Waals surface area contributed by atoms with E-state index in [0.717, 1.165) is 17.5 Å².